The molecule has 286 valence electrons. The molecule has 0 amide bonds. The third-order valence-corrected chi connectivity index (χ3v) is 8.86. The second-order valence-corrected chi connectivity index (χ2v) is 13.2. The van der Waals surface area contributed by atoms with Crippen molar-refractivity contribution in [2.75, 3.05) is 0 Å². The minimum Gasteiger partial charge on any atom is -0.489 e. The van der Waals surface area contributed by atoms with Gasteiger partial charge in [-0.2, -0.15) is 0 Å². The smallest absolute Gasteiger partial charge is 0.339 e. The van der Waals surface area contributed by atoms with Crippen molar-refractivity contribution in [1.82, 2.24) is 0 Å². The fraction of sp³-hybridized carbons (Fsp3) is 0.122. The molecule has 0 aliphatic rings. The van der Waals surface area contributed by atoms with Crippen LogP contribution in [0.4, 0.5) is 0 Å². The highest BCUT2D eigenvalue weighted by Gasteiger charge is 2.18. The van der Waals surface area contributed by atoms with Crippen molar-refractivity contribution in [3.05, 3.63) is 215 Å². The molecule has 7 aromatic rings. The Kier molecular flexibility index (Phi) is 13.0. The summed E-state index contributed by atoms with van der Waals surface area (Å²) in [5.41, 5.74) is 5.55. The topological polar surface area (TPSA) is 92.7 Å². The predicted octanol–water partition coefficient (Wildman–Crippen LogP) is 10.9. The van der Waals surface area contributed by atoms with Gasteiger partial charge in [0, 0.05) is 12.1 Å². The lowest BCUT2D eigenvalue weighted by Crippen LogP contribution is -2.07. The Morgan fingerprint density at radius 3 is 1.04 bits per heavy atom. The number of aromatic carboxylic acids is 1. The highest BCUT2D eigenvalue weighted by atomic mass is 16.5. The number of carbonyl (C=O) groups is 1. The number of rotatable bonds is 19. The van der Waals surface area contributed by atoms with Crippen LogP contribution in [0.2, 0.25) is 0 Å². The van der Waals surface area contributed by atoms with E-state index in [0.29, 0.717) is 49.4 Å². The van der Waals surface area contributed by atoms with E-state index in [2.05, 4.69) is 0 Å². The first kappa shape index (κ1) is 38.1. The number of hydrogen-bond donors (Lipinski definition) is 1. The Morgan fingerprint density at radius 1 is 0.351 bits per heavy atom. The van der Waals surface area contributed by atoms with Gasteiger partial charge >= 0.3 is 5.97 Å². The summed E-state index contributed by atoms with van der Waals surface area (Å²) in [5.74, 6) is 1.63. The summed E-state index contributed by atoms with van der Waals surface area (Å²) in [7, 11) is 0. The van der Waals surface area contributed by atoms with Crippen LogP contribution >= 0.6 is 0 Å². The van der Waals surface area contributed by atoms with E-state index in [-0.39, 0.29) is 30.3 Å². The second kappa shape index (κ2) is 19.4. The molecule has 0 atom stereocenters. The molecule has 0 saturated carbocycles. The molecule has 0 radical (unpaired) electrons. The van der Waals surface area contributed by atoms with E-state index in [1.807, 2.05) is 158 Å². The quantitative estimate of drug-likeness (QED) is 0.0871. The molecule has 0 fully saturated rings. The molecule has 8 nitrogen and oxygen atoms in total. The standard InChI is InChI=1S/C49H42O8/c50-49(51)46-22-13-23-47(56-34-40-24-42(52-30-36-14-5-1-6-15-36)28-43(25-40)53-31-37-16-7-2-8-17-37)48(46)57-35-41-26-44(54-32-38-18-9-3-10-19-38)29-45(27-41)55-33-39-20-11-4-12-21-39/h1-29H,30-35H2,(H,50,51). The van der Waals surface area contributed by atoms with Gasteiger partial charge in [-0.05, 0) is 69.8 Å². The van der Waals surface area contributed by atoms with E-state index in [0.717, 1.165) is 33.4 Å². The van der Waals surface area contributed by atoms with Crippen molar-refractivity contribution in [3.8, 4) is 34.5 Å². The maximum Gasteiger partial charge on any atom is 0.339 e. The first-order valence-electron chi connectivity index (χ1n) is 18.6. The molecule has 8 heteroatoms. The summed E-state index contributed by atoms with van der Waals surface area (Å²) in [6, 6.07) is 55.6. The number of benzene rings is 7. The molecule has 0 spiro atoms. The largest absolute Gasteiger partial charge is 0.489 e. The predicted molar refractivity (Wildman–Crippen MR) is 218 cm³/mol. The third-order valence-electron chi connectivity index (χ3n) is 8.86. The molecule has 7 rings (SSSR count). The van der Waals surface area contributed by atoms with Crippen LogP contribution in [-0.4, -0.2) is 11.1 Å². The Hall–Kier alpha value is -7.19. The van der Waals surface area contributed by atoms with Crippen LogP contribution in [0.5, 0.6) is 34.5 Å². The lowest BCUT2D eigenvalue weighted by atomic mass is 10.1. The third kappa shape index (κ3) is 11.4. The summed E-state index contributed by atoms with van der Waals surface area (Å²) < 4.78 is 37.3. The zero-order chi connectivity index (χ0) is 39.1. The number of para-hydroxylation sites is 1. The van der Waals surface area contributed by atoms with Crippen LogP contribution in [0.1, 0.15) is 43.7 Å². The van der Waals surface area contributed by atoms with Gasteiger partial charge in [0.15, 0.2) is 11.5 Å². The number of ether oxygens (including phenoxy) is 6. The average molecular weight is 759 g/mol. The Balaban J connectivity index is 1.10. The van der Waals surface area contributed by atoms with Crippen molar-refractivity contribution < 1.29 is 38.3 Å². The van der Waals surface area contributed by atoms with Crippen LogP contribution < -0.4 is 28.4 Å². The van der Waals surface area contributed by atoms with Gasteiger partial charge in [-0.3, -0.25) is 0 Å². The molecular formula is C49H42O8. The number of carboxylic acid groups (broad SMARTS) is 1. The van der Waals surface area contributed by atoms with Crippen molar-refractivity contribution in [2.45, 2.75) is 39.6 Å². The molecule has 0 aromatic heterocycles. The fourth-order valence-corrected chi connectivity index (χ4v) is 5.99. The summed E-state index contributed by atoms with van der Waals surface area (Å²) in [6.45, 7) is 1.58. The molecule has 1 N–H and O–H groups in total. The van der Waals surface area contributed by atoms with Crippen molar-refractivity contribution >= 4 is 5.97 Å². The average Bonchev–Trinajstić information content (AvgIpc) is 3.26. The molecule has 7 aromatic carbocycles. The van der Waals surface area contributed by atoms with Gasteiger partial charge in [-0.1, -0.05) is 127 Å². The van der Waals surface area contributed by atoms with Crippen LogP contribution in [0, 0.1) is 0 Å². The lowest BCUT2D eigenvalue weighted by Gasteiger charge is -2.17. The maximum absolute atomic E-state index is 12.5. The van der Waals surface area contributed by atoms with Gasteiger partial charge in [0.2, 0.25) is 0 Å². The van der Waals surface area contributed by atoms with Gasteiger partial charge in [-0.15, -0.1) is 0 Å². The first-order chi connectivity index (χ1) is 28.0. The van der Waals surface area contributed by atoms with Crippen molar-refractivity contribution in [3.63, 3.8) is 0 Å². The highest BCUT2D eigenvalue weighted by molar-refractivity contribution is 5.92. The van der Waals surface area contributed by atoms with E-state index in [1.54, 1.807) is 12.1 Å². The Labute approximate surface area is 332 Å². The van der Waals surface area contributed by atoms with E-state index in [4.69, 9.17) is 28.4 Å². The Bertz CT molecular complexity index is 2210. The van der Waals surface area contributed by atoms with Crippen LogP contribution in [0.15, 0.2) is 176 Å². The van der Waals surface area contributed by atoms with Gasteiger partial charge in [0.1, 0.15) is 68.2 Å². The zero-order valence-electron chi connectivity index (χ0n) is 31.3. The van der Waals surface area contributed by atoms with Gasteiger partial charge in [0.05, 0.1) is 0 Å². The maximum atomic E-state index is 12.5. The summed E-state index contributed by atoms with van der Waals surface area (Å²) in [6.07, 6.45) is 0. The Morgan fingerprint density at radius 2 is 0.684 bits per heavy atom. The molecule has 0 unspecified atom stereocenters. The molecule has 0 saturated heterocycles. The SMILES string of the molecule is O=C(O)c1cccc(OCc2cc(OCc3ccccc3)cc(OCc3ccccc3)c2)c1OCc1cc(OCc2ccccc2)cc(OCc2ccccc2)c1. The second-order valence-electron chi connectivity index (χ2n) is 13.2. The summed E-state index contributed by atoms with van der Waals surface area (Å²) in [4.78, 5) is 12.5. The van der Waals surface area contributed by atoms with Crippen LogP contribution in [0.25, 0.3) is 0 Å². The molecule has 57 heavy (non-hydrogen) atoms. The van der Waals surface area contributed by atoms with Crippen molar-refractivity contribution in [2.24, 2.45) is 0 Å². The zero-order valence-corrected chi connectivity index (χ0v) is 31.3. The normalized spacial score (nSPS) is 10.7. The first-order valence-corrected chi connectivity index (χ1v) is 18.6. The van der Waals surface area contributed by atoms with E-state index in [9.17, 15) is 9.90 Å². The minimum absolute atomic E-state index is 0.0190. The minimum atomic E-state index is -1.14. The summed E-state index contributed by atoms with van der Waals surface area (Å²) >= 11 is 0. The molecule has 0 bridgehead atoms. The molecular weight excluding hydrogens is 717 g/mol. The highest BCUT2D eigenvalue weighted by Crippen LogP contribution is 2.35. The molecule has 0 aliphatic carbocycles. The van der Waals surface area contributed by atoms with Crippen LogP contribution in [-0.2, 0) is 39.6 Å². The monoisotopic (exact) mass is 758 g/mol. The van der Waals surface area contributed by atoms with E-state index >= 15 is 0 Å². The van der Waals surface area contributed by atoms with E-state index in [1.165, 1.54) is 6.07 Å². The lowest BCUT2D eigenvalue weighted by molar-refractivity contribution is 0.0690. The number of hydrogen-bond acceptors (Lipinski definition) is 7. The molecule has 0 aliphatic heterocycles. The fourth-order valence-electron chi connectivity index (χ4n) is 5.99. The van der Waals surface area contributed by atoms with Crippen LogP contribution in [0.3, 0.4) is 0 Å². The van der Waals surface area contributed by atoms with Gasteiger partial charge < -0.3 is 33.5 Å². The summed E-state index contributed by atoms with van der Waals surface area (Å²) in [5, 5.41) is 10.2. The molecule has 0 heterocycles. The van der Waals surface area contributed by atoms with Gasteiger partial charge in [0.25, 0.3) is 0 Å². The van der Waals surface area contributed by atoms with E-state index < -0.39 is 5.97 Å². The number of carboxylic acids is 1. The van der Waals surface area contributed by atoms with Crippen molar-refractivity contribution in [1.29, 1.82) is 0 Å². The van der Waals surface area contributed by atoms with Gasteiger partial charge in [-0.25, -0.2) is 4.79 Å².